The lowest BCUT2D eigenvalue weighted by Crippen LogP contribution is -2.13. The maximum atomic E-state index is 11.9. The molecule has 0 radical (unpaired) electrons. The molecule has 3 N–H and O–H groups in total. The number of carbonyl (C=O) groups is 2. The number of hydrogen-bond acceptors (Lipinski definition) is 3. The van der Waals surface area contributed by atoms with Crippen molar-refractivity contribution < 1.29 is 9.59 Å². The Morgan fingerprint density at radius 2 is 2.05 bits per heavy atom. The molecule has 0 spiro atoms. The number of hydrogen-bond donors (Lipinski definition) is 2. The lowest BCUT2D eigenvalue weighted by atomic mass is 10.2. The molecule has 1 aromatic heterocycles. The zero-order valence-electron chi connectivity index (χ0n) is 9.44. The molecule has 1 aromatic carbocycles. The first kappa shape index (κ1) is 14.3. The summed E-state index contributed by atoms with van der Waals surface area (Å²) in [7, 11) is 0. The Labute approximate surface area is 132 Å². The summed E-state index contributed by atoms with van der Waals surface area (Å²) in [5.41, 5.74) is 6.48. The van der Waals surface area contributed by atoms with Crippen molar-refractivity contribution >= 4 is 63.0 Å². The lowest BCUT2D eigenvalue weighted by Gasteiger charge is -2.06. The predicted molar refractivity (Wildman–Crippen MR) is 85.0 cm³/mol. The van der Waals surface area contributed by atoms with Crippen molar-refractivity contribution in [2.75, 3.05) is 5.32 Å². The van der Waals surface area contributed by atoms with E-state index in [-0.39, 0.29) is 16.5 Å². The van der Waals surface area contributed by atoms with Crippen LogP contribution in [0.1, 0.15) is 20.7 Å². The molecular weight excluding hydrogens is 399 g/mol. The Morgan fingerprint density at radius 1 is 1.32 bits per heavy atom. The highest BCUT2D eigenvalue weighted by Gasteiger charge is 2.11. The van der Waals surface area contributed by atoms with Crippen LogP contribution in [0.2, 0.25) is 5.02 Å². The van der Waals surface area contributed by atoms with Gasteiger partial charge in [-0.3, -0.25) is 9.59 Å². The van der Waals surface area contributed by atoms with Crippen molar-refractivity contribution in [1.29, 1.82) is 0 Å². The molecular formula is C12H8ClIN2O2S. The molecule has 2 rings (SSSR count). The zero-order chi connectivity index (χ0) is 14.0. The normalized spacial score (nSPS) is 10.2. The summed E-state index contributed by atoms with van der Waals surface area (Å²) in [5, 5.41) is 4.69. The van der Waals surface area contributed by atoms with Gasteiger partial charge in [0.25, 0.3) is 5.91 Å². The standard InChI is InChI=1S/C12H8ClIN2O2S/c13-9-4-7(1-2-8(9)11(15)17)16-12(18)6-3-10(14)19-5-6/h1-5H,(H2,15,17)(H,16,18). The highest BCUT2D eigenvalue weighted by atomic mass is 127. The Balaban J connectivity index is 2.18. The molecule has 0 saturated carbocycles. The van der Waals surface area contributed by atoms with Gasteiger partial charge in [0.2, 0.25) is 5.91 Å². The molecule has 2 aromatic rings. The maximum absolute atomic E-state index is 11.9. The van der Waals surface area contributed by atoms with Crippen LogP contribution in [0.25, 0.3) is 0 Å². The van der Waals surface area contributed by atoms with Gasteiger partial charge >= 0.3 is 0 Å². The average molecular weight is 407 g/mol. The third-order valence-electron chi connectivity index (χ3n) is 2.32. The summed E-state index contributed by atoms with van der Waals surface area (Å²) in [6.07, 6.45) is 0. The van der Waals surface area contributed by atoms with Crippen LogP contribution in [-0.2, 0) is 0 Å². The number of carbonyl (C=O) groups excluding carboxylic acids is 2. The summed E-state index contributed by atoms with van der Waals surface area (Å²) in [6.45, 7) is 0. The van der Waals surface area contributed by atoms with Crippen LogP contribution in [0.5, 0.6) is 0 Å². The number of benzene rings is 1. The van der Waals surface area contributed by atoms with Gasteiger partial charge in [0.1, 0.15) is 0 Å². The van der Waals surface area contributed by atoms with Gasteiger partial charge in [-0.25, -0.2) is 0 Å². The quantitative estimate of drug-likeness (QED) is 0.767. The van der Waals surface area contributed by atoms with Crippen molar-refractivity contribution in [1.82, 2.24) is 0 Å². The largest absolute Gasteiger partial charge is 0.366 e. The fourth-order valence-corrected chi connectivity index (χ4v) is 3.03. The molecule has 0 saturated heterocycles. The average Bonchev–Trinajstić information content (AvgIpc) is 2.75. The minimum absolute atomic E-state index is 0.213. The molecule has 0 aliphatic carbocycles. The summed E-state index contributed by atoms with van der Waals surface area (Å²) in [4.78, 5) is 22.9. The summed E-state index contributed by atoms with van der Waals surface area (Å²) < 4.78 is 1.03. The van der Waals surface area contributed by atoms with Gasteiger partial charge in [-0.2, -0.15) is 0 Å². The number of amides is 2. The monoisotopic (exact) mass is 406 g/mol. The van der Waals surface area contributed by atoms with E-state index in [1.807, 2.05) is 0 Å². The summed E-state index contributed by atoms with van der Waals surface area (Å²) in [5.74, 6) is -0.822. The third kappa shape index (κ3) is 3.46. The molecule has 7 heteroatoms. The Kier molecular flexibility index (Phi) is 4.43. The number of primary amides is 1. The molecule has 0 bridgehead atoms. The van der Waals surface area contributed by atoms with Gasteiger partial charge in [-0.1, -0.05) is 11.6 Å². The minimum atomic E-state index is -0.602. The van der Waals surface area contributed by atoms with Gasteiger partial charge in [0.05, 0.1) is 19.0 Å². The SMILES string of the molecule is NC(=O)c1ccc(NC(=O)c2csc(I)c2)cc1Cl. The topological polar surface area (TPSA) is 72.2 Å². The fraction of sp³-hybridized carbons (Fsp3) is 0. The van der Waals surface area contributed by atoms with E-state index in [2.05, 4.69) is 27.9 Å². The van der Waals surface area contributed by atoms with Gasteiger partial charge in [0, 0.05) is 11.1 Å². The first-order valence-electron chi connectivity index (χ1n) is 5.12. The zero-order valence-corrected chi connectivity index (χ0v) is 13.2. The number of nitrogens with one attached hydrogen (secondary N) is 1. The minimum Gasteiger partial charge on any atom is -0.366 e. The van der Waals surface area contributed by atoms with Crippen molar-refractivity contribution in [3.05, 3.63) is 48.7 Å². The summed E-state index contributed by atoms with van der Waals surface area (Å²) >= 11 is 9.55. The van der Waals surface area contributed by atoms with Crippen molar-refractivity contribution in [3.63, 3.8) is 0 Å². The third-order valence-corrected chi connectivity index (χ3v) is 4.42. The van der Waals surface area contributed by atoms with Crippen molar-refractivity contribution in [3.8, 4) is 0 Å². The van der Waals surface area contributed by atoms with Gasteiger partial charge in [0.15, 0.2) is 0 Å². The highest BCUT2D eigenvalue weighted by molar-refractivity contribution is 14.1. The van der Waals surface area contributed by atoms with Crippen LogP contribution in [0.15, 0.2) is 29.6 Å². The van der Waals surface area contributed by atoms with Gasteiger partial charge in [-0.15, -0.1) is 11.3 Å². The smallest absolute Gasteiger partial charge is 0.256 e. The van der Waals surface area contributed by atoms with E-state index < -0.39 is 5.91 Å². The number of rotatable bonds is 3. The van der Waals surface area contributed by atoms with Crippen molar-refractivity contribution in [2.24, 2.45) is 5.73 Å². The van der Waals surface area contributed by atoms with Crippen LogP contribution in [-0.4, -0.2) is 11.8 Å². The first-order valence-corrected chi connectivity index (χ1v) is 7.46. The van der Waals surface area contributed by atoms with Crippen LogP contribution in [0.4, 0.5) is 5.69 Å². The Hall–Kier alpha value is -1.12. The van der Waals surface area contributed by atoms with Crippen LogP contribution >= 0.6 is 45.5 Å². The Bertz CT molecular complexity index is 657. The van der Waals surface area contributed by atoms with E-state index in [4.69, 9.17) is 17.3 Å². The number of anilines is 1. The molecule has 19 heavy (non-hydrogen) atoms. The van der Waals surface area contributed by atoms with Gasteiger partial charge in [-0.05, 0) is 46.9 Å². The van der Waals surface area contributed by atoms with E-state index in [0.717, 1.165) is 2.88 Å². The van der Waals surface area contributed by atoms with Crippen LogP contribution < -0.4 is 11.1 Å². The molecule has 1 heterocycles. The van der Waals surface area contributed by atoms with E-state index in [1.54, 1.807) is 17.5 Å². The molecule has 0 atom stereocenters. The second kappa shape index (κ2) is 5.89. The van der Waals surface area contributed by atoms with Crippen LogP contribution in [0, 0.1) is 2.88 Å². The number of halogens is 2. The fourth-order valence-electron chi connectivity index (χ4n) is 1.43. The van der Waals surface area contributed by atoms with Crippen LogP contribution in [0.3, 0.4) is 0 Å². The summed E-state index contributed by atoms with van der Waals surface area (Å²) in [6, 6.07) is 6.36. The number of thiophene rings is 1. The van der Waals surface area contributed by atoms with E-state index >= 15 is 0 Å². The first-order chi connectivity index (χ1) is 8.97. The lowest BCUT2D eigenvalue weighted by molar-refractivity contribution is 0.0998. The number of nitrogens with two attached hydrogens (primary N) is 1. The molecule has 0 fully saturated rings. The van der Waals surface area contributed by atoms with Crippen molar-refractivity contribution in [2.45, 2.75) is 0 Å². The molecule has 0 unspecified atom stereocenters. The molecule has 98 valence electrons. The molecule has 4 nitrogen and oxygen atoms in total. The highest BCUT2D eigenvalue weighted by Crippen LogP contribution is 2.22. The maximum Gasteiger partial charge on any atom is 0.256 e. The van der Waals surface area contributed by atoms with E-state index in [9.17, 15) is 9.59 Å². The van der Waals surface area contributed by atoms with Gasteiger partial charge < -0.3 is 11.1 Å². The molecule has 0 aliphatic heterocycles. The molecule has 2 amide bonds. The molecule has 0 aliphatic rings. The Morgan fingerprint density at radius 3 is 2.58 bits per heavy atom. The second-order valence-corrected chi connectivity index (χ2v) is 6.87. The predicted octanol–water partition coefficient (Wildman–Crippen LogP) is 3.36. The second-order valence-electron chi connectivity index (χ2n) is 3.65. The van der Waals surface area contributed by atoms with E-state index in [0.29, 0.717) is 11.3 Å². The van der Waals surface area contributed by atoms with E-state index in [1.165, 1.54) is 23.5 Å².